The zero-order chi connectivity index (χ0) is 21.3. The van der Waals surface area contributed by atoms with Crippen LogP contribution in [0.3, 0.4) is 0 Å². The van der Waals surface area contributed by atoms with Gasteiger partial charge in [0, 0.05) is 11.4 Å². The van der Waals surface area contributed by atoms with Crippen molar-refractivity contribution >= 4 is 11.6 Å². The Labute approximate surface area is 166 Å². The van der Waals surface area contributed by atoms with E-state index in [0.29, 0.717) is 18.0 Å². The SMILES string of the molecule is C=C(/C=C(C[C@@H](C)/C=C\C(=C/C)CC(N)=O)\N=C(/C)C1CCCC1)C(F)(F)F. The van der Waals surface area contributed by atoms with E-state index >= 15 is 0 Å². The summed E-state index contributed by atoms with van der Waals surface area (Å²) in [6.07, 6.45) is 6.85. The fraction of sp³-hybridized carbons (Fsp3) is 0.545. The summed E-state index contributed by atoms with van der Waals surface area (Å²) in [7, 11) is 0. The number of allylic oxidation sites excluding steroid dienone is 6. The Morgan fingerprint density at radius 1 is 1.32 bits per heavy atom. The van der Waals surface area contributed by atoms with E-state index in [1.54, 1.807) is 19.1 Å². The second-order valence-electron chi connectivity index (χ2n) is 7.44. The summed E-state index contributed by atoms with van der Waals surface area (Å²) in [5.41, 5.74) is 6.35. The van der Waals surface area contributed by atoms with E-state index in [4.69, 9.17) is 5.73 Å². The molecule has 6 heteroatoms. The lowest BCUT2D eigenvalue weighted by molar-refractivity contribution is -0.117. The average molecular weight is 396 g/mol. The van der Waals surface area contributed by atoms with Crippen molar-refractivity contribution in [3.05, 3.63) is 47.7 Å². The first-order chi connectivity index (χ1) is 13.0. The normalized spacial score (nSPS) is 18.7. The van der Waals surface area contributed by atoms with E-state index in [-0.39, 0.29) is 12.3 Å². The standard InChI is InChI=1S/C22H31F3N2O/c1-5-18(14-21(26)28)11-10-15(2)12-20(13-16(3)22(23,24)25)27-17(4)19-8-6-7-9-19/h5,10-11,13,15,19H,3,6-9,12,14H2,1-2,4H3,(H2,26,28)/b11-10-,18-5+,20-13-,27-17+/t15-/m0/s1. The Balaban J connectivity index is 2.98. The number of halogens is 3. The van der Waals surface area contributed by atoms with Crippen molar-refractivity contribution in [3.8, 4) is 0 Å². The molecule has 0 heterocycles. The summed E-state index contributed by atoms with van der Waals surface area (Å²) in [5, 5.41) is 0. The van der Waals surface area contributed by atoms with Crippen LogP contribution < -0.4 is 5.73 Å². The van der Waals surface area contributed by atoms with Gasteiger partial charge in [0.1, 0.15) is 0 Å². The maximum atomic E-state index is 12.9. The van der Waals surface area contributed by atoms with Crippen LogP contribution in [0.15, 0.2) is 52.7 Å². The minimum Gasteiger partial charge on any atom is -0.369 e. The minimum absolute atomic E-state index is 0.0600. The number of hydrogen-bond acceptors (Lipinski definition) is 2. The molecular formula is C22H31F3N2O. The molecule has 1 aliphatic rings. The van der Waals surface area contributed by atoms with Gasteiger partial charge >= 0.3 is 6.18 Å². The molecule has 1 fully saturated rings. The highest BCUT2D eigenvalue weighted by Gasteiger charge is 2.30. The van der Waals surface area contributed by atoms with E-state index in [2.05, 4.69) is 11.6 Å². The molecule has 0 aromatic rings. The molecule has 0 bridgehead atoms. The van der Waals surface area contributed by atoms with Crippen LogP contribution in [-0.2, 0) is 4.79 Å². The highest BCUT2D eigenvalue weighted by Crippen LogP contribution is 2.30. The van der Waals surface area contributed by atoms with Crippen LogP contribution >= 0.6 is 0 Å². The van der Waals surface area contributed by atoms with Crippen molar-refractivity contribution in [2.24, 2.45) is 22.6 Å². The molecular weight excluding hydrogens is 365 g/mol. The number of amides is 1. The molecule has 156 valence electrons. The monoisotopic (exact) mass is 396 g/mol. The van der Waals surface area contributed by atoms with Crippen molar-refractivity contribution in [2.75, 3.05) is 0 Å². The molecule has 3 nitrogen and oxygen atoms in total. The minimum atomic E-state index is -4.47. The summed E-state index contributed by atoms with van der Waals surface area (Å²) in [4.78, 5) is 15.6. The molecule has 0 aliphatic heterocycles. The number of rotatable bonds is 9. The van der Waals surface area contributed by atoms with Gasteiger partial charge in [-0.25, -0.2) is 0 Å². The Bertz CT molecular complexity index is 678. The highest BCUT2D eigenvalue weighted by atomic mass is 19.4. The molecule has 0 aromatic heterocycles. The number of alkyl halides is 3. The molecule has 28 heavy (non-hydrogen) atoms. The van der Waals surface area contributed by atoms with Crippen LogP contribution in [0.1, 0.15) is 59.3 Å². The smallest absolute Gasteiger partial charge is 0.369 e. The van der Waals surface area contributed by atoms with Crippen LogP contribution in [-0.4, -0.2) is 17.8 Å². The summed E-state index contributed by atoms with van der Waals surface area (Å²) in [6.45, 7) is 8.75. The second kappa shape index (κ2) is 11.0. The lowest BCUT2D eigenvalue weighted by Gasteiger charge is -2.14. The van der Waals surface area contributed by atoms with Crippen LogP contribution in [0.25, 0.3) is 0 Å². The van der Waals surface area contributed by atoms with Crippen molar-refractivity contribution in [1.29, 1.82) is 0 Å². The maximum Gasteiger partial charge on any atom is 0.415 e. The van der Waals surface area contributed by atoms with Gasteiger partial charge in [0.2, 0.25) is 5.91 Å². The molecule has 0 saturated heterocycles. The summed E-state index contributed by atoms with van der Waals surface area (Å²) >= 11 is 0. The third kappa shape index (κ3) is 8.72. The number of nitrogens with zero attached hydrogens (tertiary/aromatic N) is 1. The van der Waals surface area contributed by atoms with Gasteiger partial charge in [-0.3, -0.25) is 9.79 Å². The molecule has 2 N–H and O–H groups in total. The third-order valence-corrected chi connectivity index (χ3v) is 4.89. The predicted molar refractivity (Wildman–Crippen MR) is 109 cm³/mol. The van der Waals surface area contributed by atoms with Gasteiger partial charge in [-0.1, -0.05) is 44.6 Å². The Morgan fingerprint density at radius 3 is 2.43 bits per heavy atom. The van der Waals surface area contributed by atoms with Crippen molar-refractivity contribution < 1.29 is 18.0 Å². The number of carbonyl (C=O) groups is 1. The number of nitrogens with two attached hydrogens (primary N) is 1. The Morgan fingerprint density at radius 2 is 1.93 bits per heavy atom. The molecule has 0 unspecified atom stereocenters. The topological polar surface area (TPSA) is 55.5 Å². The Kier molecular flexibility index (Phi) is 9.42. The van der Waals surface area contributed by atoms with E-state index in [1.807, 2.05) is 19.9 Å². The molecule has 0 spiro atoms. The van der Waals surface area contributed by atoms with Crippen molar-refractivity contribution in [3.63, 3.8) is 0 Å². The lowest BCUT2D eigenvalue weighted by atomic mass is 10.00. The van der Waals surface area contributed by atoms with Crippen molar-refractivity contribution in [2.45, 2.75) is 65.5 Å². The molecule has 1 rings (SSSR count). The molecule has 1 aliphatic carbocycles. The van der Waals surface area contributed by atoms with E-state index in [9.17, 15) is 18.0 Å². The number of primary amides is 1. The summed E-state index contributed by atoms with van der Waals surface area (Å²) in [6, 6.07) is 0. The molecule has 0 radical (unpaired) electrons. The van der Waals surface area contributed by atoms with Crippen LogP contribution in [0.5, 0.6) is 0 Å². The largest absolute Gasteiger partial charge is 0.415 e. The Hall–Kier alpha value is -2.11. The summed E-state index contributed by atoms with van der Waals surface area (Å²) < 4.78 is 38.8. The number of carbonyl (C=O) groups excluding carboxylic acids is 1. The average Bonchev–Trinajstić information content (AvgIpc) is 3.11. The summed E-state index contributed by atoms with van der Waals surface area (Å²) in [5.74, 6) is -0.141. The zero-order valence-corrected chi connectivity index (χ0v) is 17.0. The van der Waals surface area contributed by atoms with E-state index in [0.717, 1.165) is 43.0 Å². The fourth-order valence-electron chi connectivity index (χ4n) is 3.23. The van der Waals surface area contributed by atoms with Gasteiger partial charge in [-0.15, -0.1) is 0 Å². The highest BCUT2D eigenvalue weighted by molar-refractivity contribution is 5.85. The quantitative estimate of drug-likeness (QED) is 0.375. The maximum absolute atomic E-state index is 12.9. The van der Waals surface area contributed by atoms with Crippen molar-refractivity contribution in [1.82, 2.24) is 0 Å². The first-order valence-corrected chi connectivity index (χ1v) is 9.66. The molecule has 0 aromatic carbocycles. The number of aliphatic imine (C=N–C) groups is 1. The van der Waals surface area contributed by atoms with Gasteiger partial charge in [-0.05, 0) is 56.6 Å². The lowest BCUT2D eigenvalue weighted by Crippen LogP contribution is -2.11. The fourth-order valence-corrected chi connectivity index (χ4v) is 3.23. The van der Waals surface area contributed by atoms with Crippen LogP contribution in [0.2, 0.25) is 0 Å². The molecule has 1 amide bonds. The van der Waals surface area contributed by atoms with E-state index in [1.165, 1.54) is 0 Å². The van der Waals surface area contributed by atoms with Gasteiger partial charge < -0.3 is 5.73 Å². The first kappa shape index (κ1) is 23.9. The molecule has 1 saturated carbocycles. The first-order valence-electron chi connectivity index (χ1n) is 9.66. The van der Waals surface area contributed by atoms with Gasteiger partial charge in [0.05, 0.1) is 12.0 Å². The van der Waals surface area contributed by atoms with Gasteiger partial charge in [0.15, 0.2) is 0 Å². The van der Waals surface area contributed by atoms with Crippen LogP contribution in [0.4, 0.5) is 13.2 Å². The molecule has 1 atom stereocenters. The second-order valence-corrected chi connectivity index (χ2v) is 7.44. The third-order valence-electron chi connectivity index (χ3n) is 4.89. The predicted octanol–water partition coefficient (Wildman–Crippen LogP) is 6.04. The van der Waals surface area contributed by atoms with Gasteiger partial charge in [0.25, 0.3) is 0 Å². The van der Waals surface area contributed by atoms with E-state index < -0.39 is 17.7 Å². The van der Waals surface area contributed by atoms with Crippen LogP contribution in [0, 0.1) is 11.8 Å². The van der Waals surface area contributed by atoms with Gasteiger partial charge in [-0.2, -0.15) is 13.2 Å². The number of hydrogen-bond donors (Lipinski definition) is 1. The zero-order valence-electron chi connectivity index (χ0n) is 17.0.